The highest BCUT2D eigenvalue weighted by atomic mass is 16.5. The minimum atomic E-state index is -0.811. The number of rotatable bonds is 6. The van der Waals surface area contributed by atoms with Gasteiger partial charge in [-0.25, -0.2) is 4.98 Å². The first-order valence-electron chi connectivity index (χ1n) is 8.83. The molecule has 0 spiro atoms. The van der Waals surface area contributed by atoms with Crippen LogP contribution in [0.15, 0.2) is 53.3 Å². The summed E-state index contributed by atoms with van der Waals surface area (Å²) in [6, 6.07) is 15.0. The Morgan fingerprint density at radius 3 is 2.58 bits per heavy atom. The van der Waals surface area contributed by atoms with Gasteiger partial charge in [0, 0.05) is 0 Å². The average Bonchev–Trinajstić information content (AvgIpc) is 2.63. The quantitative estimate of drug-likeness (QED) is 0.739. The SMILES string of the molecule is Cc1nc2ccccc2c(=O)n1CC(O)COc1ccccc1C(C)C. The van der Waals surface area contributed by atoms with Gasteiger partial charge in [-0.3, -0.25) is 9.36 Å². The van der Waals surface area contributed by atoms with Gasteiger partial charge in [0.25, 0.3) is 5.56 Å². The van der Waals surface area contributed by atoms with E-state index in [9.17, 15) is 9.90 Å². The number of aromatic nitrogens is 2. The lowest BCUT2D eigenvalue weighted by Gasteiger charge is -2.18. The average molecular weight is 352 g/mol. The molecule has 0 saturated heterocycles. The number of hydrogen-bond donors (Lipinski definition) is 1. The van der Waals surface area contributed by atoms with Crippen molar-refractivity contribution in [2.24, 2.45) is 0 Å². The van der Waals surface area contributed by atoms with Crippen molar-refractivity contribution in [2.75, 3.05) is 6.61 Å². The van der Waals surface area contributed by atoms with E-state index in [0.717, 1.165) is 11.3 Å². The number of fused-ring (bicyclic) bond motifs is 1. The van der Waals surface area contributed by atoms with Gasteiger partial charge in [0.05, 0.1) is 17.4 Å². The highest BCUT2D eigenvalue weighted by molar-refractivity contribution is 5.77. The Labute approximate surface area is 152 Å². The maximum atomic E-state index is 12.7. The summed E-state index contributed by atoms with van der Waals surface area (Å²) in [6.07, 6.45) is -0.811. The number of nitrogens with zero attached hydrogens (tertiary/aromatic N) is 2. The number of aliphatic hydroxyl groups excluding tert-OH is 1. The Balaban J connectivity index is 1.76. The zero-order valence-electron chi connectivity index (χ0n) is 15.3. The molecule has 0 saturated carbocycles. The van der Waals surface area contributed by atoms with Gasteiger partial charge in [-0.05, 0) is 36.6 Å². The molecule has 0 aliphatic heterocycles. The number of para-hydroxylation sites is 2. The van der Waals surface area contributed by atoms with Crippen LogP contribution in [0.2, 0.25) is 0 Å². The van der Waals surface area contributed by atoms with E-state index < -0.39 is 6.10 Å². The molecule has 3 aromatic rings. The molecule has 0 aliphatic rings. The maximum Gasteiger partial charge on any atom is 0.261 e. The Bertz CT molecular complexity index is 963. The summed E-state index contributed by atoms with van der Waals surface area (Å²) < 4.78 is 7.32. The van der Waals surface area contributed by atoms with Crippen LogP contribution in [0.1, 0.15) is 31.2 Å². The Morgan fingerprint density at radius 2 is 1.81 bits per heavy atom. The first kappa shape index (κ1) is 18.1. The van der Waals surface area contributed by atoms with Gasteiger partial charge in [0.15, 0.2) is 0 Å². The molecule has 136 valence electrons. The van der Waals surface area contributed by atoms with Crippen LogP contribution in [-0.2, 0) is 6.54 Å². The van der Waals surface area contributed by atoms with Crippen molar-refractivity contribution in [1.29, 1.82) is 0 Å². The lowest BCUT2D eigenvalue weighted by molar-refractivity contribution is 0.0903. The second kappa shape index (κ2) is 7.70. The van der Waals surface area contributed by atoms with Crippen LogP contribution in [-0.4, -0.2) is 27.4 Å². The summed E-state index contributed by atoms with van der Waals surface area (Å²) in [7, 11) is 0. The number of hydrogen-bond acceptors (Lipinski definition) is 4. The molecule has 5 heteroatoms. The van der Waals surface area contributed by atoms with Crippen LogP contribution >= 0.6 is 0 Å². The molecule has 26 heavy (non-hydrogen) atoms. The van der Waals surface area contributed by atoms with Crippen molar-refractivity contribution in [3.63, 3.8) is 0 Å². The van der Waals surface area contributed by atoms with E-state index in [2.05, 4.69) is 18.8 Å². The molecule has 0 amide bonds. The Morgan fingerprint density at radius 1 is 1.12 bits per heavy atom. The lowest BCUT2D eigenvalue weighted by atomic mass is 10.0. The predicted molar refractivity (Wildman–Crippen MR) is 103 cm³/mol. The first-order chi connectivity index (χ1) is 12.5. The van der Waals surface area contributed by atoms with Crippen LogP contribution in [0.5, 0.6) is 5.75 Å². The van der Waals surface area contributed by atoms with E-state index in [1.165, 1.54) is 4.57 Å². The van der Waals surface area contributed by atoms with E-state index in [0.29, 0.717) is 22.6 Å². The van der Waals surface area contributed by atoms with E-state index in [4.69, 9.17) is 4.74 Å². The first-order valence-corrected chi connectivity index (χ1v) is 8.83. The highest BCUT2D eigenvalue weighted by Crippen LogP contribution is 2.25. The van der Waals surface area contributed by atoms with Crippen molar-refractivity contribution in [3.05, 3.63) is 70.3 Å². The van der Waals surface area contributed by atoms with Crippen LogP contribution in [0.4, 0.5) is 0 Å². The van der Waals surface area contributed by atoms with Crippen LogP contribution in [0, 0.1) is 6.92 Å². The number of benzene rings is 2. The normalized spacial score (nSPS) is 12.5. The minimum Gasteiger partial charge on any atom is -0.491 e. The molecule has 1 heterocycles. The van der Waals surface area contributed by atoms with Crippen molar-refractivity contribution in [1.82, 2.24) is 9.55 Å². The van der Waals surface area contributed by atoms with Crippen LogP contribution in [0.25, 0.3) is 10.9 Å². The van der Waals surface area contributed by atoms with Crippen LogP contribution in [0.3, 0.4) is 0 Å². The Hall–Kier alpha value is -2.66. The van der Waals surface area contributed by atoms with E-state index in [1.807, 2.05) is 42.5 Å². The molecule has 5 nitrogen and oxygen atoms in total. The molecule has 1 atom stereocenters. The van der Waals surface area contributed by atoms with Gasteiger partial charge in [0.1, 0.15) is 24.3 Å². The van der Waals surface area contributed by atoms with Gasteiger partial charge in [0.2, 0.25) is 0 Å². The third-order valence-electron chi connectivity index (χ3n) is 4.42. The van der Waals surface area contributed by atoms with Crippen molar-refractivity contribution >= 4 is 10.9 Å². The highest BCUT2D eigenvalue weighted by Gasteiger charge is 2.14. The zero-order chi connectivity index (χ0) is 18.7. The monoisotopic (exact) mass is 352 g/mol. The second-order valence-corrected chi connectivity index (χ2v) is 6.75. The molecule has 0 bridgehead atoms. The summed E-state index contributed by atoms with van der Waals surface area (Å²) in [5, 5.41) is 11.0. The zero-order valence-corrected chi connectivity index (χ0v) is 15.3. The predicted octanol–water partition coefficient (Wildman–Crippen LogP) is 3.27. The van der Waals surface area contributed by atoms with Crippen molar-refractivity contribution in [3.8, 4) is 5.75 Å². The van der Waals surface area contributed by atoms with Gasteiger partial charge < -0.3 is 9.84 Å². The topological polar surface area (TPSA) is 64.4 Å². The fourth-order valence-electron chi connectivity index (χ4n) is 3.03. The summed E-state index contributed by atoms with van der Waals surface area (Å²) >= 11 is 0. The summed E-state index contributed by atoms with van der Waals surface area (Å²) in [5.74, 6) is 1.68. The van der Waals surface area contributed by atoms with Crippen LogP contribution < -0.4 is 10.3 Å². The number of aliphatic hydroxyl groups is 1. The number of aryl methyl sites for hydroxylation is 1. The fraction of sp³-hybridized carbons (Fsp3) is 0.333. The molecule has 1 aromatic heterocycles. The van der Waals surface area contributed by atoms with Gasteiger partial charge in [-0.2, -0.15) is 0 Å². The smallest absolute Gasteiger partial charge is 0.261 e. The van der Waals surface area contributed by atoms with Gasteiger partial charge >= 0.3 is 0 Å². The Kier molecular flexibility index (Phi) is 5.38. The summed E-state index contributed by atoms with van der Waals surface area (Å²) in [4.78, 5) is 17.1. The molecule has 3 rings (SSSR count). The summed E-state index contributed by atoms with van der Waals surface area (Å²) in [6.45, 7) is 6.23. The van der Waals surface area contributed by atoms with Gasteiger partial charge in [-0.1, -0.05) is 44.2 Å². The molecular formula is C21H24N2O3. The van der Waals surface area contributed by atoms with Crippen molar-refractivity contribution < 1.29 is 9.84 Å². The molecular weight excluding hydrogens is 328 g/mol. The molecule has 0 fully saturated rings. The molecule has 2 aromatic carbocycles. The van der Waals surface area contributed by atoms with Gasteiger partial charge in [-0.15, -0.1) is 0 Å². The molecule has 0 radical (unpaired) electrons. The second-order valence-electron chi connectivity index (χ2n) is 6.75. The fourth-order valence-corrected chi connectivity index (χ4v) is 3.03. The third-order valence-corrected chi connectivity index (χ3v) is 4.42. The van der Waals surface area contributed by atoms with E-state index in [-0.39, 0.29) is 18.7 Å². The maximum absolute atomic E-state index is 12.7. The standard InChI is InChI=1S/C21H24N2O3/c1-14(2)17-8-5-7-11-20(17)26-13-16(24)12-23-15(3)22-19-10-6-4-9-18(19)21(23)25/h4-11,14,16,24H,12-13H2,1-3H3. The van der Waals surface area contributed by atoms with E-state index >= 15 is 0 Å². The molecule has 1 N–H and O–H groups in total. The van der Waals surface area contributed by atoms with Crippen molar-refractivity contribution in [2.45, 2.75) is 39.3 Å². The number of ether oxygens (including phenoxy) is 1. The minimum absolute atomic E-state index is 0.114. The lowest BCUT2D eigenvalue weighted by Crippen LogP contribution is -2.32. The summed E-state index contributed by atoms with van der Waals surface area (Å²) in [5.41, 5.74) is 1.62. The largest absolute Gasteiger partial charge is 0.491 e. The third kappa shape index (κ3) is 3.78. The molecule has 1 unspecified atom stereocenters. The molecule has 0 aliphatic carbocycles. The van der Waals surface area contributed by atoms with E-state index in [1.54, 1.807) is 13.0 Å².